The Bertz CT molecular complexity index is 356. The van der Waals surface area contributed by atoms with Gasteiger partial charge in [0.15, 0.2) is 0 Å². The third-order valence-electron chi connectivity index (χ3n) is 1.21. The van der Waals surface area contributed by atoms with E-state index in [-0.39, 0.29) is 11.7 Å². The van der Waals surface area contributed by atoms with Gasteiger partial charge in [0.1, 0.15) is 0 Å². The van der Waals surface area contributed by atoms with Crippen LogP contribution in [0.15, 0.2) is 10.6 Å². The van der Waals surface area contributed by atoms with Crippen molar-refractivity contribution in [2.24, 2.45) is 0 Å². The van der Waals surface area contributed by atoms with Crippen molar-refractivity contribution in [2.45, 2.75) is 13.8 Å². The predicted octanol–water partition coefficient (Wildman–Crippen LogP) is 1.22. The lowest BCUT2D eigenvalue weighted by molar-refractivity contribution is 0.0489. The van der Waals surface area contributed by atoms with Gasteiger partial charge in [0.25, 0.3) is 5.89 Å². The molecule has 0 spiro atoms. The maximum Gasteiger partial charge on any atom is 0.375 e. The first kappa shape index (κ1) is 9.33. The molecule has 0 N–H and O–H groups in total. The van der Waals surface area contributed by atoms with E-state index in [4.69, 9.17) is 9.15 Å². The van der Waals surface area contributed by atoms with Crippen LogP contribution in [0.3, 0.4) is 0 Å². The van der Waals surface area contributed by atoms with Crippen molar-refractivity contribution in [3.05, 3.63) is 17.8 Å². The molecular weight excluding hydrogens is 170 g/mol. The van der Waals surface area contributed by atoms with Crippen molar-refractivity contribution >= 4 is 5.97 Å². The lowest BCUT2D eigenvalue weighted by Crippen LogP contribution is -2.02. The quantitative estimate of drug-likeness (QED) is 0.506. The Labute approximate surface area is 75.9 Å². The molecule has 0 saturated heterocycles. The summed E-state index contributed by atoms with van der Waals surface area (Å²) in [6.07, 6.45) is 1.30. The van der Waals surface area contributed by atoms with Gasteiger partial charge < -0.3 is 9.15 Å². The number of carbonyl (C=O) groups is 1. The van der Waals surface area contributed by atoms with Crippen molar-refractivity contribution in [3.63, 3.8) is 0 Å². The fourth-order valence-corrected chi connectivity index (χ4v) is 0.735. The summed E-state index contributed by atoms with van der Waals surface area (Å²) in [4.78, 5) is 14.8. The normalized spacial score (nSPS) is 8.77. The number of nitrogens with zero attached hydrogens (tertiary/aromatic N) is 1. The highest BCUT2D eigenvalue weighted by Gasteiger charge is 2.11. The van der Waals surface area contributed by atoms with Gasteiger partial charge in [-0.1, -0.05) is 5.92 Å². The summed E-state index contributed by atoms with van der Waals surface area (Å²) >= 11 is 0. The lowest BCUT2D eigenvalue weighted by Gasteiger charge is -1.94. The number of aromatic nitrogens is 1. The number of rotatable bonds is 2. The molecule has 4 nitrogen and oxygen atoms in total. The maximum absolute atomic E-state index is 11.1. The largest absolute Gasteiger partial charge is 0.460 e. The molecule has 68 valence electrons. The standard InChI is InChI=1S/C9H9NO3/c1-3-5-8-10-6-7(13-8)9(11)12-4-2/h6H,4H2,1-2H3. The number of ether oxygens (including phenoxy) is 1. The molecule has 0 bridgehead atoms. The Kier molecular flexibility index (Phi) is 3.09. The van der Waals surface area contributed by atoms with E-state index in [1.54, 1.807) is 13.8 Å². The molecule has 0 fully saturated rings. The Hall–Kier alpha value is -1.76. The van der Waals surface area contributed by atoms with Crippen molar-refractivity contribution in [3.8, 4) is 11.8 Å². The molecule has 0 atom stereocenters. The van der Waals surface area contributed by atoms with Gasteiger partial charge in [0.2, 0.25) is 5.76 Å². The molecular formula is C9H9NO3. The summed E-state index contributed by atoms with van der Waals surface area (Å²) in [7, 11) is 0. The van der Waals surface area contributed by atoms with Gasteiger partial charge in [0.05, 0.1) is 12.8 Å². The van der Waals surface area contributed by atoms with E-state index < -0.39 is 5.97 Å². The topological polar surface area (TPSA) is 52.3 Å². The second-order valence-corrected chi connectivity index (χ2v) is 2.13. The van der Waals surface area contributed by atoms with Crippen LogP contribution in [0.1, 0.15) is 30.3 Å². The van der Waals surface area contributed by atoms with Crippen LogP contribution in [0.4, 0.5) is 0 Å². The van der Waals surface area contributed by atoms with Gasteiger partial charge in [-0.3, -0.25) is 0 Å². The average Bonchev–Trinajstić information content (AvgIpc) is 2.54. The predicted molar refractivity (Wildman–Crippen MR) is 45.0 cm³/mol. The first-order valence-corrected chi connectivity index (χ1v) is 3.83. The smallest absolute Gasteiger partial charge is 0.375 e. The molecule has 1 aromatic heterocycles. The van der Waals surface area contributed by atoms with E-state index in [1.807, 2.05) is 0 Å². The molecule has 1 heterocycles. The molecule has 0 saturated carbocycles. The molecule has 1 aromatic rings. The van der Waals surface area contributed by atoms with Crippen molar-refractivity contribution in [1.29, 1.82) is 0 Å². The second kappa shape index (κ2) is 4.31. The van der Waals surface area contributed by atoms with Gasteiger partial charge in [-0.15, -0.1) is 0 Å². The Morgan fingerprint density at radius 3 is 3.15 bits per heavy atom. The Morgan fingerprint density at radius 1 is 1.77 bits per heavy atom. The number of hydrogen-bond acceptors (Lipinski definition) is 4. The summed E-state index contributed by atoms with van der Waals surface area (Å²) in [5.41, 5.74) is 0. The van der Waals surface area contributed by atoms with Crippen LogP contribution in [0.5, 0.6) is 0 Å². The first-order valence-electron chi connectivity index (χ1n) is 3.83. The molecule has 13 heavy (non-hydrogen) atoms. The van der Waals surface area contributed by atoms with Crippen LogP contribution in [0, 0.1) is 11.8 Å². The van der Waals surface area contributed by atoms with E-state index in [2.05, 4.69) is 16.8 Å². The van der Waals surface area contributed by atoms with Gasteiger partial charge >= 0.3 is 5.97 Å². The summed E-state index contributed by atoms with van der Waals surface area (Å²) in [6, 6.07) is 0. The molecule has 0 aromatic carbocycles. The molecule has 0 amide bonds. The van der Waals surface area contributed by atoms with Crippen LogP contribution in [0.25, 0.3) is 0 Å². The van der Waals surface area contributed by atoms with Crippen LogP contribution in [0.2, 0.25) is 0 Å². The SMILES string of the molecule is CC#Cc1ncc(C(=O)OCC)o1. The summed E-state index contributed by atoms with van der Waals surface area (Å²) in [5.74, 6) is 4.99. The molecule has 0 aliphatic heterocycles. The Morgan fingerprint density at radius 2 is 2.54 bits per heavy atom. The number of carbonyl (C=O) groups excluding carboxylic acids is 1. The van der Waals surface area contributed by atoms with Gasteiger partial charge in [-0.25, -0.2) is 9.78 Å². The van der Waals surface area contributed by atoms with Crippen molar-refractivity contribution in [2.75, 3.05) is 6.61 Å². The lowest BCUT2D eigenvalue weighted by atomic mass is 10.5. The fraction of sp³-hybridized carbons (Fsp3) is 0.333. The van der Waals surface area contributed by atoms with E-state index in [0.29, 0.717) is 6.61 Å². The van der Waals surface area contributed by atoms with Crippen molar-refractivity contribution in [1.82, 2.24) is 4.98 Å². The van der Waals surface area contributed by atoms with Crippen LogP contribution < -0.4 is 0 Å². The average molecular weight is 179 g/mol. The van der Waals surface area contributed by atoms with Gasteiger partial charge in [-0.05, 0) is 19.8 Å². The van der Waals surface area contributed by atoms with Crippen LogP contribution >= 0.6 is 0 Å². The highest BCUT2D eigenvalue weighted by atomic mass is 16.5. The summed E-state index contributed by atoms with van der Waals surface area (Å²) < 4.78 is 9.68. The minimum Gasteiger partial charge on any atom is -0.460 e. The molecule has 4 heteroatoms. The third kappa shape index (κ3) is 2.34. The zero-order valence-corrected chi connectivity index (χ0v) is 7.46. The second-order valence-electron chi connectivity index (χ2n) is 2.13. The van der Waals surface area contributed by atoms with E-state index in [1.165, 1.54) is 6.20 Å². The van der Waals surface area contributed by atoms with Gasteiger partial charge in [-0.2, -0.15) is 0 Å². The highest BCUT2D eigenvalue weighted by Crippen LogP contribution is 2.03. The first-order chi connectivity index (χ1) is 6.27. The van der Waals surface area contributed by atoms with Gasteiger partial charge in [0, 0.05) is 0 Å². The number of oxazole rings is 1. The number of hydrogen-bond donors (Lipinski definition) is 0. The monoisotopic (exact) mass is 179 g/mol. The Balaban J connectivity index is 2.77. The minimum absolute atomic E-state index is 0.0830. The number of esters is 1. The highest BCUT2D eigenvalue weighted by molar-refractivity contribution is 5.85. The van der Waals surface area contributed by atoms with Crippen molar-refractivity contribution < 1.29 is 13.9 Å². The molecule has 1 rings (SSSR count). The van der Waals surface area contributed by atoms with E-state index >= 15 is 0 Å². The minimum atomic E-state index is -0.515. The van der Waals surface area contributed by atoms with E-state index in [0.717, 1.165) is 0 Å². The molecule has 0 aliphatic rings. The fourth-order valence-electron chi connectivity index (χ4n) is 0.735. The molecule has 0 aliphatic carbocycles. The zero-order chi connectivity index (χ0) is 9.68. The summed E-state index contributed by atoms with van der Waals surface area (Å²) in [6.45, 7) is 3.70. The summed E-state index contributed by atoms with van der Waals surface area (Å²) in [5, 5.41) is 0. The zero-order valence-electron chi connectivity index (χ0n) is 7.46. The van der Waals surface area contributed by atoms with Crippen LogP contribution in [-0.4, -0.2) is 17.6 Å². The molecule has 0 unspecified atom stereocenters. The maximum atomic E-state index is 11.1. The third-order valence-corrected chi connectivity index (χ3v) is 1.21. The van der Waals surface area contributed by atoms with E-state index in [9.17, 15) is 4.79 Å². The molecule has 0 radical (unpaired) electrons. The van der Waals surface area contributed by atoms with Crippen LogP contribution in [-0.2, 0) is 4.74 Å².